The van der Waals surface area contributed by atoms with Gasteiger partial charge in [0.15, 0.2) is 9.84 Å². The third kappa shape index (κ3) is 3.89. The maximum atomic E-state index is 11.3. The molecule has 1 aromatic carbocycles. The molecular weight excluding hydrogens is 254 g/mol. The second kappa shape index (κ2) is 5.30. The molecule has 1 rings (SSSR count). The van der Waals surface area contributed by atoms with Gasteiger partial charge in [0.1, 0.15) is 17.9 Å². The highest BCUT2D eigenvalue weighted by molar-refractivity contribution is 7.91. The Labute approximate surface area is 104 Å². The van der Waals surface area contributed by atoms with Crippen LogP contribution in [0.5, 0.6) is 0 Å². The van der Waals surface area contributed by atoms with Crippen LogP contribution in [-0.4, -0.2) is 26.3 Å². The molecule has 0 aromatic heterocycles. The molecular formula is C11H9N3O3S. The van der Waals surface area contributed by atoms with E-state index in [9.17, 15) is 13.2 Å². The number of anilines is 1. The van der Waals surface area contributed by atoms with E-state index in [0.717, 1.165) is 6.26 Å². The van der Waals surface area contributed by atoms with Crippen LogP contribution >= 0.6 is 0 Å². The van der Waals surface area contributed by atoms with Crippen molar-refractivity contribution in [1.29, 1.82) is 10.5 Å². The lowest BCUT2D eigenvalue weighted by atomic mass is 10.1. The number of hydrogen-bond acceptors (Lipinski definition) is 5. The number of benzene rings is 1. The molecule has 92 valence electrons. The average Bonchev–Trinajstić information content (AvgIpc) is 2.26. The number of carbonyl (C=O) groups is 1. The summed E-state index contributed by atoms with van der Waals surface area (Å²) < 4.78 is 21.8. The van der Waals surface area contributed by atoms with Gasteiger partial charge in [-0.05, 0) is 18.2 Å². The average molecular weight is 263 g/mol. The molecule has 0 bridgehead atoms. The molecule has 1 N–H and O–H groups in total. The maximum Gasteiger partial charge on any atom is 0.239 e. The molecule has 0 saturated carbocycles. The molecule has 0 fully saturated rings. The fraction of sp³-hybridized carbons (Fsp3) is 0.182. The first-order chi connectivity index (χ1) is 8.35. The van der Waals surface area contributed by atoms with Gasteiger partial charge >= 0.3 is 0 Å². The van der Waals surface area contributed by atoms with E-state index in [0.29, 0.717) is 0 Å². The van der Waals surface area contributed by atoms with Crippen molar-refractivity contribution in [3.8, 4) is 12.1 Å². The Morgan fingerprint density at radius 1 is 1.28 bits per heavy atom. The van der Waals surface area contributed by atoms with E-state index in [1.54, 1.807) is 0 Å². The van der Waals surface area contributed by atoms with E-state index in [2.05, 4.69) is 5.32 Å². The summed E-state index contributed by atoms with van der Waals surface area (Å²) in [6, 6.07) is 7.78. The van der Waals surface area contributed by atoms with E-state index in [1.165, 1.54) is 18.2 Å². The summed E-state index contributed by atoms with van der Waals surface area (Å²) in [4.78, 5) is 11.3. The van der Waals surface area contributed by atoms with Crippen LogP contribution in [-0.2, 0) is 14.6 Å². The van der Waals surface area contributed by atoms with Crippen LogP contribution < -0.4 is 5.32 Å². The van der Waals surface area contributed by atoms with Crippen LogP contribution in [0.15, 0.2) is 18.2 Å². The van der Waals surface area contributed by atoms with Gasteiger partial charge < -0.3 is 5.32 Å². The Morgan fingerprint density at radius 3 is 2.39 bits per heavy atom. The lowest BCUT2D eigenvalue weighted by Gasteiger charge is -2.05. The standard InChI is InChI=1S/C11H9N3O3S/c1-18(16,17)7-11(15)14-10-3-2-8(5-12)9(4-10)6-13/h2-4H,7H2,1H3,(H,14,15). The second-order valence-corrected chi connectivity index (χ2v) is 5.74. The first kappa shape index (κ1) is 13.7. The van der Waals surface area contributed by atoms with Gasteiger partial charge in [-0.2, -0.15) is 10.5 Å². The summed E-state index contributed by atoms with van der Waals surface area (Å²) in [6.45, 7) is 0. The minimum atomic E-state index is -3.40. The van der Waals surface area contributed by atoms with E-state index in [-0.39, 0.29) is 16.8 Å². The molecule has 1 amide bonds. The number of nitrogens with one attached hydrogen (secondary N) is 1. The molecule has 0 atom stereocenters. The topological polar surface area (TPSA) is 111 Å². The van der Waals surface area contributed by atoms with E-state index in [4.69, 9.17) is 10.5 Å². The van der Waals surface area contributed by atoms with Crippen LogP contribution in [0.25, 0.3) is 0 Å². The third-order valence-corrected chi connectivity index (χ3v) is 2.72. The van der Waals surface area contributed by atoms with Gasteiger partial charge in [-0.3, -0.25) is 4.79 Å². The Bertz CT molecular complexity index is 666. The molecule has 0 radical (unpaired) electrons. The van der Waals surface area contributed by atoms with Crippen molar-refractivity contribution in [2.24, 2.45) is 0 Å². The smallest absolute Gasteiger partial charge is 0.239 e. The van der Waals surface area contributed by atoms with Crippen LogP contribution in [0.2, 0.25) is 0 Å². The number of nitrogens with zero attached hydrogens (tertiary/aromatic N) is 2. The fourth-order valence-corrected chi connectivity index (χ4v) is 1.80. The van der Waals surface area contributed by atoms with Crippen molar-refractivity contribution < 1.29 is 13.2 Å². The summed E-state index contributed by atoms with van der Waals surface area (Å²) in [5.74, 6) is -1.32. The highest BCUT2D eigenvalue weighted by Gasteiger charge is 2.11. The van der Waals surface area contributed by atoms with E-state index in [1.807, 2.05) is 12.1 Å². The first-order valence-electron chi connectivity index (χ1n) is 4.77. The molecule has 1 aromatic rings. The van der Waals surface area contributed by atoms with Crippen LogP contribution in [0.4, 0.5) is 5.69 Å². The number of rotatable bonds is 3. The molecule has 0 spiro atoms. The monoisotopic (exact) mass is 263 g/mol. The summed E-state index contributed by atoms with van der Waals surface area (Å²) in [7, 11) is -3.40. The normalized spacial score (nSPS) is 10.2. The van der Waals surface area contributed by atoms with Gasteiger partial charge in [0.25, 0.3) is 0 Å². The molecule has 0 saturated heterocycles. The van der Waals surface area contributed by atoms with E-state index < -0.39 is 21.5 Å². The summed E-state index contributed by atoms with van der Waals surface area (Å²) >= 11 is 0. The van der Waals surface area contributed by atoms with Gasteiger partial charge in [-0.1, -0.05) is 0 Å². The van der Waals surface area contributed by atoms with Crippen molar-refractivity contribution in [3.05, 3.63) is 29.3 Å². The fourth-order valence-electron chi connectivity index (χ4n) is 1.25. The molecule has 7 heteroatoms. The first-order valence-corrected chi connectivity index (χ1v) is 6.83. The van der Waals surface area contributed by atoms with Crippen LogP contribution in [0.1, 0.15) is 11.1 Å². The van der Waals surface area contributed by atoms with Crippen molar-refractivity contribution in [3.63, 3.8) is 0 Å². The number of sulfone groups is 1. The zero-order valence-electron chi connectivity index (χ0n) is 9.47. The molecule has 0 aliphatic heterocycles. The van der Waals surface area contributed by atoms with Crippen molar-refractivity contribution in [2.45, 2.75) is 0 Å². The summed E-state index contributed by atoms with van der Waals surface area (Å²) in [6.07, 6.45) is 0.950. The van der Waals surface area contributed by atoms with Crippen molar-refractivity contribution >= 4 is 21.4 Å². The number of hydrogen-bond donors (Lipinski definition) is 1. The largest absolute Gasteiger partial charge is 0.325 e. The predicted molar refractivity (Wildman–Crippen MR) is 64.2 cm³/mol. The van der Waals surface area contributed by atoms with Gasteiger partial charge in [0.05, 0.1) is 11.1 Å². The molecule has 18 heavy (non-hydrogen) atoms. The van der Waals surface area contributed by atoms with Gasteiger partial charge in [-0.15, -0.1) is 0 Å². The number of nitriles is 2. The van der Waals surface area contributed by atoms with Crippen molar-refractivity contribution in [2.75, 3.05) is 17.3 Å². The van der Waals surface area contributed by atoms with Gasteiger partial charge in [-0.25, -0.2) is 8.42 Å². The second-order valence-electron chi connectivity index (χ2n) is 3.60. The lowest BCUT2D eigenvalue weighted by molar-refractivity contribution is -0.113. The summed E-state index contributed by atoms with van der Waals surface area (Å²) in [5.41, 5.74) is 0.590. The molecule has 0 aliphatic carbocycles. The third-order valence-electron chi connectivity index (χ3n) is 1.94. The molecule has 0 unspecified atom stereocenters. The number of carbonyl (C=O) groups excluding carboxylic acids is 1. The summed E-state index contributed by atoms with van der Waals surface area (Å²) in [5, 5.41) is 19.8. The highest BCUT2D eigenvalue weighted by Crippen LogP contribution is 2.14. The van der Waals surface area contributed by atoms with Crippen molar-refractivity contribution in [1.82, 2.24) is 0 Å². The van der Waals surface area contributed by atoms with Gasteiger partial charge in [0, 0.05) is 11.9 Å². The Balaban J connectivity index is 2.91. The molecule has 6 nitrogen and oxygen atoms in total. The Morgan fingerprint density at radius 2 is 1.89 bits per heavy atom. The zero-order chi connectivity index (χ0) is 13.8. The minimum absolute atomic E-state index is 0.120. The Kier molecular flexibility index (Phi) is 4.03. The maximum absolute atomic E-state index is 11.3. The number of amides is 1. The van der Waals surface area contributed by atoms with Crippen LogP contribution in [0.3, 0.4) is 0 Å². The molecule has 0 aliphatic rings. The minimum Gasteiger partial charge on any atom is -0.325 e. The quantitative estimate of drug-likeness (QED) is 0.849. The highest BCUT2D eigenvalue weighted by atomic mass is 32.2. The lowest BCUT2D eigenvalue weighted by Crippen LogP contribution is -2.21. The molecule has 0 heterocycles. The SMILES string of the molecule is CS(=O)(=O)CC(=O)Nc1ccc(C#N)c(C#N)c1. The predicted octanol–water partition coefficient (Wildman–Crippen LogP) is 0.413. The van der Waals surface area contributed by atoms with Crippen LogP contribution in [0, 0.1) is 22.7 Å². The zero-order valence-corrected chi connectivity index (χ0v) is 10.3. The Hall–Kier alpha value is -2.38. The van der Waals surface area contributed by atoms with E-state index >= 15 is 0 Å². The van der Waals surface area contributed by atoms with Gasteiger partial charge in [0.2, 0.25) is 5.91 Å².